The van der Waals surface area contributed by atoms with Crippen LogP contribution in [0.2, 0.25) is 0 Å². The highest BCUT2D eigenvalue weighted by atomic mass is 16.2. The van der Waals surface area contributed by atoms with Gasteiger partial charge in [0, 0.05) is 38.3 Å². The van der Waals surface area contributed by atoms with Gasteiger partial charge in [-0.05, 0) is 45.0 Å². The van der Waals surface area contributed by atoms with Crippen molar-refractivity contribution in [2.24, 2.45) is 0 Å². The minimum absolute atomic E-state index is 0.0507. The molecule has 0 radical (unpaired) electrons. The fraction of sp³-hybridized carbons (Fsp3) is 0.217. The lowest BCUT2D eigenvalue weighted by atomic mass is 10.0. The van der Waals surface area contributed by atoms with Crippen molar-refractivity contribution in [3.63, 3.8) is 0 Å². The molecular formula is C23H22N6O. The lowest BCUT2D eigenvalue weighted by molar-refractivity contribution is 0.0629. The van der Waals surface area contributed by atoms with Crippen molar-refractivity contribution in [3.05, 3.63) is 84.2 Å². The van der Waals surface area contributed by atoms with E-state index in [1.54, 1.807) is 4.68 Å². The number of tetrazole rings is 1. The third kappa shape index (κ3) is 3.67. The molecule has 7 heteroatoms. The van der Waals surface area contributed by atoms with Crippen LogP contribution >= 0.6 is 0 Å². The van der Waals surface area contributed by atoms with E-state index in [4.69, 9.17) is 0 Å². The summed E-state index contributed by atoms with van der Waals surface area (Å²) in [5.41, 5.74) is 2.77. The highest BCUT2D eigenvalue weighted by Gasteiger charge is 2.22. The van der Waals surface area contributed by atoms with Crippen LogP contribution in [0.15, 0.2) is 73.1 Å². The van der Waals surface area contributed by atoms with E-state index < -0.39 is 0 Å². The second-order valence-electron chi connectivity index (χ2n) is 7.51. The number of benzene rings is 3. The number of aromatic nitrogens is 4. The molecule has 1 aromatic heterocycles. The average molecular weight is 398 g/mol. The van der Waals surface area contributed by atoms with Gasteiger partial charge in [0.25, 0.3) is 5.91 Å². The third-order valence-corrected chi connectivity index (χ3v) is 5.64. The van der Waals surface area contributed by atoms with E-state index in [-0.39, 0.29) is 5.91 Å². The highest BCUT2D eigenvalue weighted by molar-refractivity contribution is 5.94. The first-order valence-corrected chi connectivity index (χ1v) is 10.1. The van der Waals surface area contributed by atoms with E-state index in [0.29, 0.717) is 5.56 Å². The summed E-state index contributed by atoms with van der Waals surface area (Å²) in [5, 5.41) is 13.8. The van der Waals surface area contributed by atoms with Crippen molar-refractivity contribution in [1.82, 2.24) is 30.0 Å². The number of fused-ring (bicyclic) bond motifs is 1. The summed E-state index contributed by atoms with van der Waals surface area (Å²) in [6.07, 6.45) is 1.52. The Hall–Kier alpha value is -3.58. The molecule has 1 aliphatic heterocycles. The molecule has 1 fully saturated rings. The maximum absolute atomic E-state index is 13.0. The van der Waals surface area contributed by atoms with Gasteiger partial charge in [0.2, 0.25) is 0 Å². The van der Waals surface area contributed by atoms with Crippen LogP contribution in [0.5, 0.6) is 0 Å². The van der Waals surface area contributed by atoms with Gasteiger partial charge in [-0.3, -0.25) is 9.69 Å². The number of amides is 1. The van der Waals surface area contributed by atoms with Gasteiger partial charge in [0.1, 0.15) is 6.33 Å². The van der Waals surface area contributed by atoms with Gasteiger partial charge in [-0.25, -0.2) is 4.68 Å². The fourth-order valence-electron chi connectivity index (χ4n) is 4.02. The SMILES string of the molecule is O=C(c1cccc(-n2cnnn2)c1)N1CCN(Cc2cccc3ccccc23)CC1. The maximum atomic E-state index is 13.0. The molecule has 1 saturated heterocycles. The number of hydrogen-bond donors (Lipinski definition) is 0. The van der Waals surface area contributed by atoms with Crippen LogP contribution in [-0.2, 0) is 6.54 Å². The summed E-state index contributed by atoms with van der Waals surface area (Å²) in [5.74, 6) is 0.0507. The summed E-state index contributed by atoms with van der Waals surface area (Å²) in [7, 11) is 0. The zero-order valence-electron chi connectivity index (χ0n) is 16.6. The Morgan fingerprint density at radius 2 is 1.70 bits per heavy atom. The Labute approximate surface area is 174 Å². The van der Waals surface area contributed by atoms with Crippen molar-refractivity contribution in [2.75, 3.05) is 26.2 Å². The molecule has 0 saturated carbocycles. The Morgan fingerprint density at radius 1 is 0.900 bits per heavy atom. The van der Waals surface area contributed by atoms with Crippen LogP contribution in [0, 0.1) is 0 Å². The Bertz CT molecular complexity index is 1160. The molecule has 1 amide bonds. The van der Waals surface area contributed by atoms with Crippen molar-refractivity contribution in [2.45, 2.75) is 6.54 Å². The van der Waals surface area contributed by atoms with Gasteiger partial charge < -0.3 is 4.90 Å². The molecule has 0 aliphatic carbocycles. The van der Waals surface area contributed by atoms with Gasteiger partial charge >= 0.3 is 0 Å². The van der Waals surface area contributed by atoms with Gasteiger partial charge in [-0.15, -0.1) is 5.10 Å². The van der Waals surface area contributed by atoms with Crippen LogP contribution in [0.3, 0.4) is 0 Å². The standard InChI is InChI=1S/C23H22N6O/c30-23(19-7-4-9-21(15-19)29-17-24-25-26-29)28-13-11-27(12-14-28)16-20-8-3-6-18-5-1-2-10-22(18)20/h1-10,15,17H,11-14,16H2. The molecule has 1 aliphatic rings. The topological polar surface area (TPSA) is 67.2 Å². The van der Waals surface area contributed by atoms with Crippen molar-refractivity contribution >= 4 is 16.7 Å². The summed E-state index contributed by atoms with van der Waals surface area (Å²) in [4.78, 5) is 17.4. The van der Waals surface area contributed by atoms with Crippen LogP contribution in [0.1, 0.15) is 15.9 Å². The molecule has 3 aromatic carbocycles. The minimum atomic E-state index is 0.0507. The van der Waals surface area contributed by atoms with Crippen molar-refractivity contribution in [3.8, 4) is 5.69 Å². The largest absolute Gasteiger partial charge is 0.336 e. The Kier molecular flexibility index (Phi) is 4.94. The van der Waals surface area contributed by atoms with Crippen molar-refractivity contribution < 1.29 is 4.79 Å². The normalized spacial score (nSPS) is 14.9. The molecule has 7 nitrogen and oxygen atoms in total. The molecule has 150 valence electrons. The molecule has 30 heavy (non-hydrogen) atoms. The first kappa shape index (κ1) is 18.4. The maximum Gasteiger partial charge on any atom is 0.254 e. The molecule has 0 bridgehead atoms. The molecule has 0 unspecified atom stereocenters. The fourth-order valence-corrected chi connectivity index (χ4v) is 4.02. The first-order valence-electron chi connectivity index (χ1n) is 10.1. The number of rotatable bonds is 4. The zero-order chi connectivity index (χ0) is 20.3. The van der Waals surface area contributed by atoms with Crippen LogP contribution in [0.25, 0.3) is 16.5 Å². The van der Waals surface area contributed by atoms with Gasteiger partial charge in [-0.2, -0.15) is 0 Å². The van der Waals surface area contributed by atoms with Crippen LogP contribution in [0.4, 0.5) is 0 Å². The van der Waals surface area contributed by atoms with Gasteiger partial charge in [0.05, 0.1) is 5.69 Å². The quantitative estimate of drug-likeness (QED) is 0.529. The highest BCUT2D eigenvalue weighted by Crippen LogP contribution is 2.21. The smallest absolute Gasteiger partial charge is 0.254 e. The van der Waals surface area contributed by atoms with E-state index in [2.05, 4.69) is 62.9 Å². The first-order chi connectivity index (χ1) is 14.8. The van der Waals surface area contributed by atoms with E-state index in [9.17, 15) is 4.79 Å². The predicted octanol–water partition coefficient (Wildman–Crippen LogP) is 2.77. The zero-order valence-corrected chi connectivity index (χ0v) is 16.6. The lowest BCUT2D eigenvalue weighted by Gasteiger charge is -2.35. The molecule has 2 heterocycles. The van der Waals surface area contributed by atoms with Gasteiger partial charge in [0.15, 0.2) is 0 Å². The van der Waals surface area contributed by atoms with E-state index >= 15 is 0 Å². The third-order valence-electron chi connectivity index (χ3n) is 5.64. The molecule has 5 rings (SSSR count). The van der Waals surface area contributed by atoms with E-state index in [1.807, 2.05) is 29.2 Å². The number of carbonyl (C=O) groups excluding carboxylic acids is 1. The molecular weight excluding hydrogens is 376 g/mol. The molecule has 0 spiro atoms. The van der Waals surface area contributed by atoms with Crippen molar-refractivity contribution in [1.29, 1.82) is 0 Å². The lowest BCUT2D eigenvalue weighted by Crippen LogP contribution is -2.48. The molecule has 4 aromatic rings. The van der Waals surface area contributed by atoms with E-state index in [1.165, 1.54) is 22.7 Å². The number of carbonyl (C=O) groups is 1. The van der Waals surface area contributed by atoms with Crippen LogP contribution < -0.4 is 0 Å². The van der Waals surface area contributed by atoms with Gasteiger partial charge in [-0.1, -0.05) is 48.5 Å². The minimum Gasteiger partial charge on any atom is -0.336 e. The second kappa shape index (κ2) is 8.04. The number of piperazine rings is 1. The van der Waals surface area contributed by atoms with Crippen LogP contribution in [-0.4, -0.2) is 62.1 Å². The molecule has 0 N–H and O–H groups in total. The number of hydrogen-bond acceptors (Lipinski definition) is 5. The summed E-state index contributed by atoms with van der Waals surface area (Å²) in [6, 6.07) is 22.4. The number of nitrogens with zero attached hydrogens (tertiary/aromatic N) is 6. The predicted molar refractivity (Wildman–Crippen MR) is 114 cm³/mol. The second-order valence-corrected chi connectivity index (χ2v) is 7.51. The summed E-state index contributed by atoms with van der Waals surface area (Å²) >= 11 is 0. The Balaban J connectivity index is 1.25. The van der Waals surface area contributed by atoms with E-state index in [0.717, 1.165) is 38.4 Å². The summed E-state index contributed by atoms with van der Waals surface area (Å²) < 4.78 is 1.55. The average Bonchev–Trinajstić information content (AvgIpc) is 3.35. The Morgan fingerprint density at radius 3 is 2.53 bits per heavy atom. The monoisotopic (exact) mass is 398 g/mol. The molecule has 0 atom stereocenters. The summed E-state index contributed by atoms with van der Waals surface area (Å²) in [6.45, 7) is 4.07.